The van der Waals surface area contributed by atoms with Gasteiger partial charge in [0.25, 0.3) is 0 Å². The molecule has 0 saturated heterocycles. The summed E-state index contributed by atoms with van der Waals surface area (Å²) in [6, 6.07) is 20.0. The molecule has 0 aliphatic heterocycles. The number of carboxylic acid groups (broad SMARTS) is 1. The van der Waals surface area contributed by atoms with Gasteiger partial charge in [-0.15, -0.1) is 0 Å². The molecule has 2 rings (SSSR count). The van der Waals surface area contributed by atoms with Gasteiger partial charge in [-0.25, -0.2) is 0 Å². The molecule has 108 valence electrons. The van der Waals surface area contributed by atoms with E-state index in [1.165, 1.54) is 3.07 Å². The zero-order valence-corrected chi connectivity index (χ0v) is 17.6. The molecule has 0 saturated carbocycles. The van der Waals surface area contributed by atoms with E-state index in [2.05, 4.69) is 30.3 Å². The fraction of sp³-hybridized carbons (Fsp3) is 0.188. The standard InChI is InChI=1S/C8H10O2.C6H5.C2H4O2.Hg/c9-6-7-10-8-4-2-1-3-5-8;1-2-4-6-5-3-1;1-2(3)4;/h1-5,9H,6-7H2;1-5H;1H3,(H,3,4);/q;;;+1/p-1. The first-order valence-electron chi connectivity index (χ1n) is 6.39. The van der Waals surface area contributed by atoms with E-state index in [0.717, 1.165) is 38.8 Å². The number of carboxylic acids is 1. The third kappa shape index (κ3) is 14.8. The average molecular weight is 475 g/mol. The molecule has 5 heteroatoms. The second kappa shape index (κ2) is 13.6. The number of ether oxygens (including phenoxy) is 1. The minimum absolute atomic E-state index is 0.0644. The molecule has 0 radical (unpaired) electrons. The number of para-hydroxylation sites is 1. The van der Waals surface area contributed by atoms with Crippen molar-refractivity contribution in [1.82, 2.24) is 0 Å². The molecule has 0 aliphatic carbocycles. The molecule has 0 bridgehead atoms. The summed E-state index contributed by atoms with van der Waals surface area (Å²) in [4.78, 5) is 8.89. The Labute approximate surface area is 141 Å². The maximum atomic E-state index is 8.89. The van der Waals surface area contributed by atoms with Crippen LogP contribution in [-0.2, 0) is 30.9 Å². The summed E-state index contributed by atoms with van der Waals surface area (Å²) >= 11 is 0.810. The Morgan fingerprint density at radius 2 is 1.52 bits per heavy atom. The Hall–Kier alpha value is -1.39. The summed E-state index contributed by atoms with van der Waals surface area (Å²) in [5.41, 5.74) is 0. The number of benzene rings is 2. The third-order valence-electron chi connectivity index (χ3n) is 1.95. The van der Waals surface area contributed by atoms with E-state index in [4.69, 9.17) is 19.7 Å². The quantitative estimate of drug-likeness (QED) is 0.664. The summed E-state index contributed by atoms with van der Waals surface area (Å²) in [7, 11) is 0. The number of carbonyl (C=O) groups is 1. The van der Waals surface area contributed by atoms with Crippen molar-refractivity contribution in [1.29, 1.82) is 0 Å². The number of aliphatic hydroxyl groups is 1. The topological polar surface area (TPSA) is 69.6 Å². The van der Waals surface area contributed by atoms with Crippen molar-refractivity contribution in [2.45, 2.75) is 6.92 Å². The molecule has 21 heavy (non-hydrogen) atoms. The molecule has 4 nitrogen and oxygen atoms in total. The average Bonchev–Trinajstić information content (AvgIpc) is 2.47. The molecular formula is C16H18HgO4. The van der Waals surface area contributed by atoms with Gasteiger partial charge in [0, 0.05) is 5.97 Å². The zero-order chi connectivity index (χ0) is 15.9. The SMILES string of the molecule is CC(=O)[O-].OCCOc1ccccc1.[Hg+][c]1ccccc1. The van der Waals surface area contributed by atoms with Crippen molar-refractivity contribution < 1.29 is 45.9 Å². The first-order chi connectivity index (χ1) is 10.1. The van der Waals surface area contributed by atoms with Gasteiger partial charge < -0.3 is 19.7 Å². The van der Waals surface area contributed by atoms with E-state index < -0.39 is 5.97 Å². The minimum atomic E-state index is -1.08. The van der Waals surface area contributed by atoms with E-state index in [-0.39, 0.29) is 6.61 Å². The van der Waals surface area contributed by atoms with Gasteiger partial charge in [0.1, 0.15) is 12.4 Å². The van der Waals surface area contributed by atoms with Crippen molar-refractivity contribution in [2.24, 2.45) is 0 Å². The van der Waals surface area contributed by atoms with Crippen LogP contribution in [0.15, 0.2) is 60.7 Å². The number of carbonyl (C=O) groups excluding carboxylic acids is 1. The van der Waals surface area contributed by atoms with Crippen molar-refractivity contribution >= 4 is 9.04 Å². The fourth-order valence-corrected chi connectivity index (χ4v) is 2.22. The van der Waals surface area contributed by atoms with Crippen LogP contribution in [0.1, 0.15) is 6.92 Å². The molecule has 0 amide bonds. The van der Waals surface area contributed by atoms with Crippen LogP contribution in [0, 0.1) is 0 Å². The van der Waals surface area contributed by atoms with Crippen LogP contribution >= 0.6 is 0 Å². The van der Waals surface area contributed by atoms with E-state index >= 15 is 0 Å². The molecular weight excluding hydrogens is 457 g/mol. The van der Waals surface area contributed by atoms with E-state index in [1.807, 2.05) is 30.3 Å². The van der Waals surface area contributed by atoms with E-state index in [1.54, 1.807) is 0 Å². The Morgan fingerprint density at radius 1 is 1.10 bits per heavy atom. The predicted molar refractivity (Wildman–Crippen MR) is 75.8 cm³/mol. The van der Waals surface area contributed by atoms with Gasteiger partial charge in [-0.3, -0.25) is 0 Å². The number of rotatable bonds is 3. The molecule has 2 aromatic rings. The van der Waals surface area contributed by atoms with Crippen molar-refractivity contribution in [3.8, 4) is 5.75 Å². The number of hydrogen-bond acceptors (Lipinski definition) is 4. The number of aliphatic hydroxyl groups excluding tert-OH is 1. The van der Waals surface area contributed by atoms with Gasteiger partial charge in [-0.2, -0.15) is 0 Å². The number of hydrogen-bond donors (Lipinski definition) is 1. The van der Waals surface area contributed by atoms with Gasteiger partial charge in [0.15, 0.2) is 0 Å². The Bertz CT molecular complexity index is 470. The Kier molecular flexibility index (Phi) is 12.7. The molecule has 0 aromatic heterocycles. The predicted octanol–water partition coefficient (Wildman–Crippen LogP) is 0.673. The van der Waals surface area contributed by atoms with Gasteiger partial charge in [0.2, 0.25) is 0 Å². The zero-order valence-electron chi connectivity index (χ0n) is 12.1. The van der Waals surface area contributed by atoms with E-state index in [0.29, 0.717) is 6.61 Å². The Balaban J connectivity index is 0.000000317. The summed E-state index contributed by atoms with van der Waals surface area (Å²) in [5.74, 6) is -0.281. The second-order valence-corrected chi connectivity index (χ2v) is 7.04. The van der Waals surface area contributed by atoms with E-state index in [9.17, 15) is 0 Å². The summed E-state index contributed by atoms with van der Waals surface area (Å²) < 4.78 is 6.62. The Morgan fingerprint density at radius 3 is 1.86 bits per heavy atom. The van der Waals surface area contributed by atoms with Gasteiger partial charge in [0.05, 0.1) is 6.61 Å². The molecule has 0 atom stereocenters. The first kappa shape index (κ1) is 19.6. The second-order valence-electron chi connectivity index (χ2n) is 3.86. The fourth-order valence-electron chi connectivity index (χ4n) is 1.16. The van der Waals surface area contributed by atoms with Gasteiger partial charge in [-0.1, -0.05) is 18.2 Å². The summed E-state index contributed by atoms with van der Waals surface area (Å²) in [6.07, 6.45) is 0. The van der Waals surface area contributed by atoms with Crippen LogP contribution < -0.4 is 12.9 Å². The van der Waals surface area contributed by atoms with Crippen LogP contribution in [0.3, 0.4) is 0 Å². The molecule has 0 heterocycles. The molecule has 2 aromatic carbocycles. The monoisotopic (exact) mass is 476 g/mol. The van der Waals surface area contributed by atoms with Gasteiger partial charge >= 0.3 is 59.5 Å². The maximum absolute atomic E-state index is 8.89. The van der Waals surface area contributed by atoms with Crippen LogP contribution in [0.4, 0.5) is 0 Å². The summed E-state index contributed by atoms with van der Waals surface area (Å²) in [6.45, 7) is 1.40. The number of aliphatic carboxylic acids is 1. The molecule has 0 spiro atoms. The van der Waals surface area contributed by atoms with Crippen molar-refractivity contribution in [3.63, 3.8) is 0 Å². The van der Waals surface area contributed by atoms with Gasteiger partial charge in [-0.05, 0) is 19.1 Å². The van der Waals surface area contributed by atoms with Crippen molar-refractivity contribution in [3.05, 3.63) is 60.7 Å². The first-order valence-corrected chi connectivity index (χ1v) is 9.14. The third-order valence-corrected chi connectivity index (χ3v) is 3.78. The summed E-state index contributed by atoms with van der Waals surface area (Å²) in [5, 5.41) is 17.3. The normalized spacial score (nSPS) is 8.57. The molecule has 0 unspecified atom stereocenters. The van der Waals surface area contributed by atoms with Crippen molar-refractivity contribution in [2.75, 3.05) is 13.2 Å². The van der Waals surface area contributed by atoms with Crippen LogP contribution in [0.25, 0.3) is 0 Å². The van der Waals surface area contributed by atoms with Crippen LogP contribution in [-0.4, -0.2) is 24.3 Å². The van der Waals surface area contributed by atoms with Crippen LogP contribution in [0.5, 0.6) is 5.75 Å². The molecule has 0 fully saturated rings. The molecule has 1 N–H and O–H groups in total. The van der Waals surface area contributed by atoms with Crippen LogP contribution in [0.2, 0.25) is 0 Å². The molecule has 0 aliphatic rings.